The van der Waals surface area contributed by atoms with Crippen LogP contribution in [-0.4, -0.2) is 24.3 Å². The van der Waals surface area contributed by atoms with Crippen LogP contribution >= 0.6 is 43.2 Å². The van der Waals surface area contributed by atoms with Crippen LogP contribution in [0.4, 0.5) is 0 Å². The molecule has 210 valence electrons. The molecule has 0 saturated heterocycles. The summed E-state index contributed by atoms with van der Waals surface area (Å²) in [6.45, 7) is 4.12. The fourth-order valence-corrected chi connectivity index (χ4v) is 6.48. The molecule has 0 amide bonds. The van der Waals surface area contributed by atoms with Crippen LogP contribution in [0.15, 0.2) is 96.7 Å². The molecule has 10 heteroatoms. The molecule has 1 aliphatic heterocycles. The third-order valence-corrected chi connectivity index (χ3v) is 8.58. The van der Waals surface area contributed by atoms with Gasteiger partial charge in [-0.25, -0.2) is 9.79 Å². The fraction of sp³-hybridized carbons (Fsp3) is 0.194. The highest BCUT2D eigenvalue weighted by Crippen LogP contribution is 2.37. The van der Waals surface area contributed by atoms with E-state index in [1.165, 1.54) is 11.3 Å². The van der Waals surface area contributed by atoms with Crippen molar-refractivity contribution in [1.29, 1.82) is 0 Å². The molecule has 0 aliphatic carbocycles. The molecular formula is C31H26Br2N2O5S. The number of nitrogens with zero attached hydrogens (tertiary/aromatic N) is 2. The van der Waals surface area contributed by atoms with Crippen LogP contribution in [0, 0.1) is 0 Å². The SMILES string of the molecule is CCOC(=O)C1=C(C)N=c2s/c(=C\c3cc(Br)c(OCc4ccccc4)c(OC)c3)c(=O)n2[C@H]1c1ccc(Br)cc1. The molecule has 0 fully saturated rings. The first-order chi connectivity index (χ1) is 19.8. The first-order valence-corrected chi connectivity index (χ1v) is 15.2. The molecule has 1 aromatic heterocycles. The minimum atomic E-state index is -0.671. The standard InChI is InChI=1S/C31H26Br2N2O5S/c1-4-39-30(37)26-18(2)34-31-35(27(26)21-10-12-22(32)13-11-21)29(36)25(41-31)16-20-14-23(33)28(24(15-20)38-3)40-17-19-8-6-5-7-9-19/h5-16,27H,4,17H2,1-3H3/b25-16-/t27-/m0/s1. The Labute approximate surface area is 257 Å². The van der Waals surface area contributed by atoms with Crippen LogP contribution in [0.1, 0.15) is 36.6 Å². The Morgan fingerprint density at radius 3 is 2.51 bits per heavy atom. The minimum Gasteiger partial charge on any atom is -0.493 e. The molecule has 7 nitrogen and oxygen atoms in total. The van der Waals surface area contributed by atoms with Gasteiger partial charge in [-0.2, -0.15) is 0 Å². The van der Waals surface area contributed by atoms with Gasteiger partial charge in [0.1, 0.15) is 6.61 Å². The summed E-state index contributed by atoms with van der Waals surface area (Å²) in [7, 11) is 1.58. The Kier molecular flexibility index (Phi) is 8.91. The molecule has 0 N–H and O–H groups in total. The van der Waals surface area contributed by atoms with Crippen molar-refractivity contribution in [3.05, 3.63) is 123 Å². The van der Waals surface area contributed by atoms with E-state index in [2.05, 4.69) is 36.9 Å². The number of rotatable bonds is 8. The average Bonchev–Trinajstić information content (AvgIpc) is 3.26. The van der Waals surface area contributed by atoms with Crippen molar-refractivity contribution in [3.63, 3.8) is 0 Å². The molecule has 1 atom stereocenters. The number of aromatic nitrogens is 1. The number of methoxy groups -OCH3 is 1. The van der Waals surface area contributed by atoms with Gasteiger partial charge in [0.15, 0.2) is 16.3 Å². The highest BCUT2D eigenvalue weighted by atomic mass is 79.9. The molecule has 0 saturated carbocycles. The van der Waals surface area contributed by atoms with Crippen molar-refractivity contribution < 1.29 is 19.0 Å². The second-order valence-corrected chi connectivity index (χ2v) is 11.9. The largest absolute Gasteiger partial charge is 0.493 e. The third-order valence-electron chi connectivity index (χ3n) is 6.48. The summed E-state index contributed by atoms with van der Waals surface area (Å²) >= 11 is 8.34. The van der Waals surface area contributed by atoms with E-state index in [0.29, 0.717) is 43.2 Å². The normalized spacial score (nSPS) is 14.9. The summed E-state index contributed by atoms with van der Waals surface area (Å²) < 4.78 is 20.7. The van der Waals surface area contributed by atoms with Gasteiger partial charge in [0, 0.05) is 4.47 Å². The monoisotopic (exact) mass is 696 g/mol. The highest BCUT2D eigenvalue weighted by molar-refractivity contribution is 9.10. The Hall–Kier alpha value is -3.47. The predicted molar refractivity (Wildman–Crippen MR) is 166 cm³/mol. The van der Waals surface area contributed by atoms with Gasteiger partial charge in [0.25, 0.3) is 5.56 Å². The molecule has 0 unspecified atom stereocenters. The maximum absolute atomic E-state index is 13.9. The summed E-state index contributed by atoms with van der Waals surface area (Å²) in [5, 5.41) is 0. The number of ether oxygens (including phenoxy) is 3. The van der Waals surface area contributed by atoms with E-state index in [0.717, 1.165) is 21.2 Å². The lowest BCUT2D eigenvalue weighted by atomic mass is 9.96. The van der Waals surface area contributed by atoms with Crippen LogP contribution < -0.4 is 24.4 Å². The zero-order chi connectivity index (χ0) is 29.1. The lowest BCUT2D eigenvalue weighted by Crippen LogP contribution is -2.39. The number of benzene rings is 3. The number of hydrogen-bond acceptors (Lipinski definition) is 7. The number of carbonyl (C=O) groups excluding carboxylic acids is 1. The molecule has 1 aliphatic rings. The highest BCUT2D eigenvalue weighted by Gasteiger charge is 2.33. The molecule has 0 radical (unpaired) electrons. The summed E-state index contributed by atoms with van der Waals surface area (Å²) in [4.78, 5) is 32.1. The summed E-state index contributed by atoms with van der Waals surface area (Å²) in [6.07, 6.45) is 1.79. The van der Waals surface area contributed by atoms with E-state index in [1.54, 1.807) is 31.6 Å². The van der Waals surface area contributed by atoms with Gasteiger partial charge < -0.3 is 14.2 Å². The minimum absolute atomic E-state index is 0.217. The van der Waals surface area contributed by atoms with Crippen molar-refractivity contribution in [1.82, 2.24) is 4.57 Å². The number of hydrogen-bond donors (Lipinski definition) is 0. The van der Waals surface area contributed by atoms with Crippen LogP contribution in [0.5, 0.6) is 11.5 Å². The van der Waals surface area contributed by atoms with Crippen LogP contribution in [0.3, 0.4) is 0 Å². The first kappa shape index (κ1) is 29.0. The zero-order valence-electron chi connectivity index (χ0n) is 22.5. The van der Waals surface area contributed by atoms with E-state index in [9.17, 15) is 9.59 Å². The van der Waals surface area contributed by atoms with E-state index in [1.807, 2.05) is 66.7 Å². The summed E-state index contributed by atoms with van der Waals surface area (Å²) in [5.41, 5.74) is 3.17. The third kappa shape index (κ3) is 6.10. The van der Waals surface area contributed by atoms with E-state index < -0.39 is 12.0 Å². The number of halogens is 2. The maximum atomic E-state index is 13.9. The van der Waals surface area contributed by atoms with Gasteiger partial charge in [0.05, 0.1) is 40.0 Å². The predicted octanol–water partition coefficient (Wildman–Crippen LogP) is 5.91. The molecule has 5 rings (SSSR count). The fourth-order valence-electron chi connectivity index (χ4n) is 4.60. The average molecular weight is 698 g/mol. The number of allylic oxidation sites excluding steroid dienone is 1. The topological polar surface area (TPSA) is 79.1 Å². The smallest absolute Gasteiger partial charge is 0.338 e. The van der Waals surface area contributed by atoms with Gasteiger partial charge in [-0.3, -0.25) is 9.36 Å². The van der Waals surface area contributed by atoms with Crippen LogP contribution in [0.25, 0.3) is 6.08 Å². The molecule has 2 heterocycles. The number of thiazole rings is 1. The van der Waals surface area contributed by atoms with E-state index >= 15 is 0 Å². The van der Waals surface area contributed by atoms with Crippen LogP contribution in [-0.2, 0) is 16.1 Å². The Morgan fingerprint density at radius 1 is 1.10 bits per heavy atom. The lowest BCUT2D eigenvalue weighted by Gasteiger charge is -2.24. The van der Waals surface area contributed by atoms with Crippen LogP contribution in [0.2, 0.25) is 0 Å². The van der Waals surface area contributed by atoms with Crippen molar-refractivity contribution in [2.45, 2.75) is 26.5 Å². The Bertz CT molecular complexity index is 1810. The zero-order valence-corrected chi connectivity index (χ0v) is 26.5. The van der Waals surface area contributed by atoms with Gasteiger partial charge in [-0.1, -0.05) is 69.7 Å². The Balaban J connectivity index is 1.58. The van der Waals surface area contributed by atoms with Gasteiger partial charge >= 0.3 is 5.97 Å². The van der Waals surface area contributed by atoms with E-state index in [-0.39, 0.29) is 12.2 Å². The maximum Gasteiger partial charge on any atom is 0.338 e. The molecule has 0 spiro atoms. The molecule has 3 aromatic carbocycles. The second-order valence-electron chi connectivity index (χ2n) is 9.16. The van der Waals surface area contributed by atoms with Crippen molar-refractivity contribution in [2.75, 3.05) is 13.7 Å². The number of fused-ring (bicyclic) bond motifs is 1. The summed E-state index contributed by atoms with van der Waals surface area (Å²) in [5.74, 6) is 0.609. The number of carbonyl (C=O) groups is 1. The van der Waals surface area contributed by atoms with Gasteiger partial charge in [-0.15, -0.1) is 0 Å². The van der Waals surface area contributed by atoms with Gasteiger partial charge in [-0.05, 0) is 76.8 Å². The van der Waals surface area contributed by atoms with Crippen molar-refractivity contribution in [2.24, 2.45) is 4.99 Å². The van der Waals surface area contributed by atoms with Crippen molar-refractivity contribution in [3.8, 4) is 11.5 Å². The molecule has 41 heavy (non-hydrogen) atoms. The summed E-state index contributed by atoms with van der Waals surface area (Å²) in [6, 6.07) is 20.4. The number of esters is 1. The second kappa shape index (κ2) is 12.6. The van der Waals surface area contributed by atoms with Gasteiger partial charge in [0.2, 0.25) is 0 Å². The lowest BCUT2D eigenvalue weighted by molar-refractivity contribution is -0.139. The molecule has 4 aromatic rings. The van der Waals surface area contributed by atoms with E-state index in [4.69, 9.17) is 14.2 Å². The van der Waals surface area contributed by atoms with Crippen molar-refractivity contribution >= 4 is 55.2 Å². The quantitative estimate of drug-likeness (QED) is 0.214. The molecule has 0 bridgehead atoms. The molecular weight excluding hydrogens is 672 g/mol. The first-order valence-electron chi connectivity index (χ1n) is 12.8. The Morgan fingerprint density at radius 2 is 1.83 bits per heavy atom.